The number of aliphatic carboxylic acids is 1. The molecule has 5 N–H and O–H groups in total. The zero-order chi connectivity index (χ0) is 11.4. The van der Waals surface area contributed by atoms with E-state index < -0.39 is 12.0 Å². The molecule has 0 aromatic heterocycles. The van der Waals surface area contributed by atoms with Crippen molar-refractivity contribution in [2.24, 2.45) is 0 Å². The second-order valence-corrected chi connectivity index (χ2v) is 3.34. The van der Waals surface area contributed by atoms with Crippen LogP contribution in [0.4, 0.5) is 0 Å². The summed E-state index contributed by atoms with van der Waals surface area (Å²) >= 11 is 0. The lowest BCUT2D eigenvalue weighted by Gasteiger charge is -2.10. The van der Waals surface area contributed by atoms with Gasteiger partial charge in [-0.1, -0.05) is 6.07 Å². The first-order valence-electron chi connectivity index (χ1n) is 4.50. The quantitative estimate of drug-likeness (QED) is 0.524. The van der Waals surface area contributed by atoms with Gasteiger partial charge >= 0.3 is 0 Å². The highest BCUT2D eigenvalue weighted by atomic mass is 16.4. The lowest BCUT2D eigenvalue weighted by molar-refractivity contribution is -0.437. The van der Waals surface area contributed by atoms with Gasteiger partial charge in [-0.15, -0.1) is 0 Å². The summed E-state index contributed by atoms with van der Waals surface area (Å²) in [6, 6.07) is 3.73. The van der Waals surface area contributed by atoms with Crippen LogP contribution >= 0.6 is 0 Å². The average Bonchev–Trinajstić information content (AvgIpc) is 2.20. The number of aliphatic hydroxyl groups excluding tert-OH is 1. The van der Waals surface area contributed by atoms with E-state index in [9.17, 15) is 15.0 Å². The molecule has 5 heteroatoms. The fourth-order valence-corrected chi connectivity index (χ4v) is 1.26. The molecule has 0 bridgehead atoms. The van der Waals surface area contributed by atoms with Gasteiger partial charge in [-0.3, -0.25) is 0 Å². The summed E-state index contributed by atoms with van der Waals surface area (Å²) in [7, 11) is 0. The third kappa shape index (κ3) is 2.93. The van der Waals surface area contributed by atoms with Crippen LogP contribution in [0.1, 0.15) is 11.1 Å². The molecular formula is C10H13NO4. The standard InChI is InChI=1S/C10H13NO4/c11-8(10(14)15)4-6-1-2-9(13)7(3-6)5-12/h1-3,8,12-13H,4-5,11H2,(H,14,15)/t8-/m0/s1. The van der Waals surface area contributed by atoms with Gasteiger partial charge in [0, 0.05) is 12.0 Å². The van der Waals surface area contributed by atoms with Crippen molar-refractivity contribution >= 4 is 5.97 Å². The Hall–Kier alpha value is -1.59. The van der Waals surface area contributed by atoms with Gasteiger partial charge in [-0.2, -0.15) is 0 Å². The number of rotatable bonds is 4. The van der Waals surface area contributed by atoms with E-state index in [0.717, 1.165) is 0 Å². The van der Waals surface area contributed by atoms with Crippen molar-refractivity contribution in [2.45, 2.75) is 19.1 Å². The van der Waals surface area contributed by atoms with Gasteiger partial charge in [0.25, 0.3) is 0 Å². The maximum absolute atomic E-state index is 10.5. The molecule has 0 heterocycles. The molecule has 0 spiro atoms. The summed E-state index contributed by atoms with van der Waals surface area (Å²) in [5.74, 6) is -1.22. The summed E-state index contributed by atoms with van der Waals surface area (Å²) < 4.78 is 0. The number of hydrogen-bond acceptors (Lipinski definition) is 4. The fraction of sp³-hybridized carbons (Fsp3) is 0.300. The molecule has 0 aliphatic rings. The van der Waals surface area contributed by atoms with Crippen LogP contribution in [0, 0.1) is 0 Å². The molecule has 15 heavy (non-hydrogen) atoms. The Morgan fingerprint density at radius 1 is 1.53 bits per heavy atom. The molecule has 0 amide bonds. The summed E-state index contributed by atoms with van der Waals surface area (Å²) in [6.45, 7) is -0.285. The number of phenols is 1. The number of carbonyl (C=O) groups is 1. The van der Waals surface area contributed by atoms with Crippen LogP contribution in [-0.4, -0.2) is 22.2 Å². The number of quaternary nitrogens is 1. The lowest BCUT2D eigenvalue weighted by Crippen LogP contribution is -2.69. The summed E-state index contributed by atoms with van der Waals surface area (Å²) in [4.78, 5) is 10.5. The van der Waals surface area contributed by atoms with Crippen LogP contribution in [0.3, 0.4) is 0 Å². The fourth-order valence-electron chi connectivity index (χ4n) is 1.26. The van der Waals surface area contributed by atoms with E-state index in [1.54, 1.807) is 12.1 Å². The van der Waals surface area contributed by atoms with Crippen molar-refractivity contribution in [1.29, 1.82) is 0 Å². The van der Waals surface area contributed by atoms with Crippen molar-refractivity contribution in [3.05, 3.63) is 29.3 Å². The van der Waals surface area contributed by atoms with Gasteiger partial charge in [0.2, 0.25) is 0 Å². The number of carbonyl (C=O) groups excluding carboxylic acids is 1. The lowest BCUT2D eigenvalue weighted by atomic mass is 10.0. The number of carboxylic acid groups (broad SMARTS) is 1. The minimum Gasteiger partial charge on any atom is -0.544 e. The minimum atomic E-state index is -1.21. The SMILES string of the molecule is [NH3+][C@@H](Cc1ccc(O)c(CO)c1)C(=O)[O-]. The Kier molecular flexibility index (Phi) is 3.65. The number of carboxylic acids is 1. The maximum atomic E-state index is 10.5. The molecular weight excluding hydrogens is 198 g/mol. The van der Waals surface area contributed by atoms with Crippen LogP contribution in [0.5, 0.6) is 5.75 Å². The van der Waals surface area contributed by atoms with E-state index in [4.69, 9.17) is 5.11 Å². The third-order valence-corrected chi connectivity index (χ3v) is 2.13. The molecule has 0 aliphatic carbocycles. The molecule has 0 unspecified atom stereocenters. The zero-order valence-corrected chi connectivity index (χ0v) is 8.14. The highest BCUT2D eigenvalue weighted by Gasteiger charge is 2.10. The summed E-state index contributed by atoms with van der Waals surface area (Å²) in [5, 5.41) is 28.6. The van der Waals surface area contributed by atoms with Crippen molar-refractivity contribution in [3.8, 4) is 5.75 Å². The van der Waals surface area contributed by atoms with E-state index >= 15 is 0 Å². The Bertz CT molecular complexity index is 364. The van der Waals surface area contributed by atoms with Crippen molar-refractivity contribution in [3.63, 3.8) is 0 Å². The molecule has 0 aliphatic heterocycles. The van der Waals surface area contributed by atoms with Gasteiger partial charge in [0.1, 0.15) is 11.8 Å². The first-order chi connectivity index (χ1) is 7.04. The van der Waals surface area contributed by atoms with Crippen molar-refractivity contribution in [1.82, 2.24) is 0 Å². The Morgan fingerprint density at radius 2 is 2.20 bits per heavy atom. The largest absolute Gasteiger partial charge is 0.544 e. The third-order valence-electron chi connectivity index (χ3n) is 2.13. The van der Waals surface area contributed by atoms with E-state index in [-0.39, 0.29) is 18.8 Å². The predicted molar refractivity (Wildman–Crippen MR) is 49.4 cm³/mol. The van der Waals surface area contributed by atoms with Crippen molar-refractivity contribution in [2.75, 3.05) is 0 Å². The van der Waals surface area contributed by atoms with Crippen LogP contribution in [-0.2, 0) is 17.8 Å². The molecule has 0 radical (unpaired) electrons. The molecule has 1 rings (SSSR count). The molecule has 1 aromatic rings. The van der Waals surface area contributed by atoms with E-state index in [1.165, 1.54) is 6.07 Å². The molecule has 0 saturated carbocycles. The normalized spacial score (nSPS) is 12.4. The molecule has 1 aromatic carbocycles. The van der Waals surface area contributed by atoms with E-state index in [2.05, 4.69) is 5.73 Å². The average molecular weight is 211 g/mol. The van der Waals surface area contributed by atoms with Gasteiger partial charge in [0.15, 0.2) is 0 Å². The zero-order valence-electron chi connectivity index (χ0n) is 8.14. The number of aliphatic hydroxyl groups is 1. The van der Waals surface area contributed by atoms with Crippen LogP contribution in [0.15, 0.2) is 18.2 Å². The Morgan fingerprint density at radius 3 is 2.73 bits per heavy atom. The second kappa shape index (κ2) is 4.77. The van der Waals surface area contributed by atoms with Gasteiger partial charge in [0.05, 0.1) is 12.6 Å². The van der Waals surface area contributed by atoms with Crippen LogP contribution in [0.2, 0.25) is 0 Å². The summed E-state index contributed by atoms with van der Waals surface area (Å²) in [6.07, 6.45) is 0.218. The summed E-state index contributed by atoms with van der Waals surface area (Å²) in [5.41, 5.74) is 4.49. The number of benzene rings is 1. The maximum Gasteiger partial charge on any atom is 0.129 e. The molecule has 5 nitrogen and oxygen atoms in total. The Balaban J connectivity index is 2.83. The monoisotopic (exact) mass is 211 g/mol. The topological polar surface area (TPSA) is 108 Å². The first-order valence-corrected chi connectivity index (χ1v) is 4.50. The number of aromatic hydroxyl groups is 1. The van der Waals surface area contributed by atoms with E-state index in [1.807, 2.05) is 0 Å². The number of hydrogen-bond donors (Lipinski definition) is 3. The van der Waals surface area contributed by atoms with Crippen molar-refractivity contribution < 1.29 is 25.8 Å². The van der Waals surface area contributed by atoms with Gasteiger partial charge in [-0.25, -0.2) is 0 Å². The molecule has 1 atom stereocenters. The van der Waals surface area contributed by atoms with Gasteiger partial charge in [-0.05, 0) is 17.7 Å². The van der Waals surface area contributed by atoms with Crippen LogP contribution < -0.4 is 10.8 Å². The minimum absolute atomic E-state index is 0.00434. The van der Waals surface area contributed by atoms with E-state index in [0.29, 0.717) is 11.1 Å². The van der Waals surface area contributed by atoms with Crippen LogP contribution in [0.25, 0.3) is 0 Å². The second-order valence-electron chi connectivity index (χ2n) is 3.34. The molecule has 82 valence electrons. The smallest absolute Gasteiger partial charge is 0.129 e. The molecule has 0 saturated heterocycles. The molecule has 0 fully saturated rings. The predicted octanol–water partition coefficient (Wildman–Crippen LogP) is -2.21. The van der Waals surface area contributed by atoms with Gasteiger partial charge < -0.3 is 25.8 Å². The highest BCUT2D eigenvalue weighted by Crippen LogP contribution is 2.18. The first kappa shape index (κ1) is 11.5. The highest BCUT2D eigenvalue weighted by molar-refractivity contribution is 5.69. The Labute approximate surface area is 86.8 Å².